The van der Waals surface area contributed by atoms with Gasteiger partial charge in [0.1, 0.15) is 0 Å². The van der Waals surface area contributed by atoms with E-state index < -0.39 is 11.4 Å². The van der Waals surface area contributed by atoms with E-state index in [4.69, 9.17) is 5.11 Å². The second-order valence-electron chi connectivity index (χ2n) is 6.25. The minimum absolute atomic E-state index is 0.156. The van der Waals surface area contributed by atoms with Gasteiger partial charge in [-0.25, -0.2) is 0 Å². The van der Waals surface area contributed by atoms with Crippen LogP contribution in [0, 0.1) is 5.41 Å². The minimum Gasteiger partial charge on any atom is -0.481 e. The lowest BCUT2D eigenvalue weighted by Crippen LogP contribution is -2.26. The van der Waals surface area contributed by atoms with E-state index in [1.165, 1.54) is 5.56 Å². The first kappa shape index (κ1) is 15.1. The van der Waals surface area contributed by atoms with Crippen LogP contribution >= 0.6 is 11.8 Å². The molecule has 0 amide bonds. The van der Waals surface area contributed by atoms with E-state index in [0.29, 0.717) is 5.75 Å². The zero-order valence-corrected chi connectivity index (χ0v) is 12.6. The van der Waals surface area contributed by atoms with Gasteiger partial charge in [0.05, 0.1) is 5.41 Å². The molecule has 0 aliphatic heterocycles. The van der Waals surface area contributed by atoms with Gasteiger partial charge in [0, 0.05) is 10.6 Å². The second kappa shape index (κ2) is 5.35. The summed E-state index contributed by atoms with van der Waals surface area (Å²) in [6.07, 6.45) is 0. The van der Waals surface area contributed by atoms with Crippen LogP contribution in [0.15, 0.2) is 29.2 Å². The number of hydrogen-bond donors (Lipinski definition) is 1. The largest absolute Gasteiger partial charge is 0.481 e. The monoisotopic (exact) mass is 266 g/mol. The second-order valence-corrected chi connectivity index (χ2v) is 7.30. The fraction of sp³-hybridized carbons (Fsp3) is 0.533. The molecule has 0 atom stereocenters. The Morgan fingerprint density at radius 2 is 1.61 bits per heavy atom. The van der Waals surface area contributed by atoms with Crippen molar-refractivity contribution >= 4 is 17.7 Å². The molecule has 2 nitrogen and oxygen atoms in total. The third kappa shape index (κ3) is 4.05. The third-order valence-electron chi connectivity index (χ3n) is 2.90. The van der Waals surface area contributed by atoms with Gasteiger partial charge in [-0.3, -0.25) is 4.79 Å². The van der Waals surface area contributed by atoms with E-state index in [1.807, 2.05) is 0 Å². The Kier molecular flexibility index (Phi) is 4.49. The van der Waals surface area contributed by atoms with Crippen molar-refractivity contribution < 1.29 is 9.90 Å². The molecule has 3 heteroatoms. The molecule has 0 aliphatic carbocycles. The standard InChI is InChI=1S/C15H22O2S/c1-14(2,3)11-6-8-12(9-7-11)18-10-15(4,5)13(16)17/h6-9H,10H2,1-5H3,(H,16,17). The van der Waals surface area contributed by atoms with E-state index in [2.05, 4.69) is 45.0 Å². The van der Waals surface area contributed by atoms with Gasteiger partial charge in [0.25, 0.3) is 0 Å². The zero-order chi connectivity index (χ0) is 14.0. The normalized spacial score (nSPS) is 12.5. The Morgan fingerprint density at radius 3 is 2.00 bits per heavy atom. The van der Waals surface area contributed by atoms with Gasteiger partial charge in [-0.1, -0.05) is 32.9 Å². The maximum Gasteiger partial charge on any atom is 0.309 e. The Hall–Kier alpha value is -0.960. The van der Waals surface area contributed by atoms with Crippen LogP contribution in [0.5, 0.6) is 0 Å². The van der Waals surface area contributed by atoms with Crippen molar-refractivity contribution in [3.8, 4) is 0 Å². The summed E-state index contributed by atoms with van der Waals surface area (Å²) in [5, 5.41) is 9.06. The smallest absolute Gasteiger partial charge is 0.309 e. The number of carboxylic acid groups (broad SMARTS) is 1. The summed E-state index contributed by atoms with van der Waals surface area (Å²) in [5.41, 5.74) is 0.765. The first-order chi connectivity index (χ1) is 8.13. The highest BCUT2D eigenvalue weighted by atomic mass is 32.2. The fourth-order valence-corrected chi connectivity index (χ4v) is 2.36. The topological polar surface area (TPSA) is 37.3 Å². The molecule has 0 saturated heterocycles. The van der Waals surface area contributed by atoms with Crippen LogP contribution in [-0.4, -0.2) is 16.8 Å². The van der Waals surface area contributed by atoms with E-state index in [0.717, 1.165) is 4.90 Å². The van der Waals surface area contributed by atoms with Crippen molar-refractivity contribution in [1.29, 1.82) is 0 Å². The van der Waals surface area contributed by atoms with Crippen LogP contribution in [0.25, 0.3) is 0 Å². The summed E-state index contributed by atoms with van der Waals surface area (Å²) in [6.45, 7) is 10.1. The molecule has 1 rings (SSSR count). The summed E-state index contributed by atoms with van der Waals surface area (Å²) in [4.78, 5) is 12.1. The summed E-state index contributed by atoms with van der Waals surface area (Å²) in [7, 11) is 0. The van der Waals surface area contributed by atoms with E-state index in [-0.39, 0.29) is 5.41 Å². The maximum atomic E-state index is 11.0. The van der Waals surface area contributed by atoms with E-state index >= 15 is 0 Å². The number of rotatable bonds is 4. The molecule has 0 unspecified atom stereocenters. The predicted molar refractivity (Wildman–Crippen MR) is 77.3 cm³/mol. The van der Waals surface area contributed by atoms with E-state index in [9.17, 15) is 4.79 Å². The third-order valence-corrected chi connectivity index (χ3v) is 4.37. The molecule has 0 aliphatic rings. The zero-order valence-electron chi connectivity index (χ0n) is 11.8. The molecule has 0 heterocycles. The molecule has 18 heavy (non-hydrogen) atoms. The molecule has 0 fully saturated rings. The number of aliphatic carboxylic acids is 1. The van der Waals surface area contributed by atoms with Crippen LogP contribution < -0.4 is 0 Å². The van der Waals surface area contributed by atoms with Gasteiger partial charge < -0.3 is 5.11 Å². The summed E-state index contributed by atoms with van der Waals surface area (Å²) in [6, 6.07) is 8.39. The Balaban J connectivity index is 2.68. The molecule has 0 aromatic heterocycles. The van der Waals surface area contributed by atoms with Crippen molar-refractivity contribution in [2.45, 2.75) is 44.9 Å². The van der Waals surface area contributed by atoms with Crippen molar-refractivity contribution in [1.82, 2.24) is 0 Å². The lowest BCUT2D eigenvalue weighted by molar-refractivity contribution is -0.145. The summed E-state index contributed by atoms with van der Waals surface area (Å²) < 4.78 is 0. The average molecular weight is 266 g/mol. The van der Waals surface area contributed by atoms with Gasteiger partial charge in [-0.05, 0) is 37.0 Å². The molecule has 0 bridgehead atoms. The Labute approximate surface area is 114 Å². The fourth-order valence-electron chi connectivity index (χ4n) is 1.38. The molecule has 0 spiro atoms. The van der Waals surface area contributed by atoms with E-state index in [1.54, 1.807) is 25.6 Å². The van der Waals surface area contributed by atoms with Crippen LogP contribution in [0.1, 0.15) is 40.2 Å². The Bertz CT molecular complexity index is 413. The molecule has 1 aromatic rings. The minimum atomic E-state index is -0.749. The highest BCUT2D eigenvalue weighted by molar-refractivity contribution is 7.99. The van der Waals surface area contributed by atoms with Gasteiger partial charge >= 0.3 is 5.97 Å². The summed E-state index contributed by atoms with van der Waals surface area (Å²) >= 11 is 1.59. The first-order valence-corrected chi connectivity index (χ1v) is 7.08. The SMILES string of the molecule is CC(C)(CSc1ccc(C(C)(C)C)cc1)C(=O)O. The molecule has 0 radical (unpaired) electrons. The summed E-state index contributed by atoms with van der Waals surface area (Å²) in [5.74, 6) is -0.168. The molecule has 1 N–H and O–H groups in total. The van der Waals surface area contributed by atoms with Crippen LogP contribution in [0.4, 0.5) is 0 Å². The lowest BCUT2D eigenvalue weighted by Gasteiger charge is -2.20. The van der Waals surface area contributed by atoms with Crippen molar-refractivity contribution in [3.05, 3.63) is 29.8 Å². The van der Waals surface area contributed by atoms with Crippen molar-refractivity contribution in [2.24, 2.45) is 5.41 Å². The number of carbonyl (C=O) groups is 1. The number of carboxylic acids is 1. The Morgan fingerprint density at radius 1 is 1.11 bits per heavy atom. The quantitative estimate of drug-likeness (QED) is 0.830. The molecular formula is C15H22O2S. The lowest BCUT2D eigenvalue weighted by atomic mass is 9.87. The highest BCUT2D eigenvalue weighted by Crippen LogP contribution is 2.30. The molecule has 0 saturated carbocycles. The number of benzene rings is 1. The molecule has 100 valence electrons. The van der Waals surface area contributed by atoms with Crippen molar-refractivity contribution in [2.75, 3.05) is 5.75 Å². The van der Waals surface area contributed by atoms with Gasteiger partial charge in [-0.15, -0.1) is 11.8 Å². The van der Waals surface area contributed by atoms with Crippen LogP contribution in [-0.2, 0) is 10.2 Å². The maximum absolute atomic E-state index is 11.0. The molecular weight excluding hydrogens is 244 g/mol. The predicted octanol–water partition coefficient (Wildman–Crippen LogP) is 4.19. The number of hydrogen-bond acceptors (Lipinski definition) is 2. The first-order valence-electron chi connectivity index (χ1n) is 6.10. The van der Waals surface area contributed by atoms with Gasteiger partial charge in [-0.2, -0.15) is 0 Å². The van der Waals surface area contributed by atoms with Gasteiger partial charge in [0.15, 0.2) is 0 Å². The highest BCUT2D eigenvalue weighted by Gasteiger charge is 2.27. The van der Waals surface area contributed by atoms with Gasteiger partial charge in [0.2, 0.25) is 0 Å². The molecule has 1 aromatic carbocycles. The number of thioether (sulfide) groups is 1. The van der Waals surface area contributed by atoms with Crippen LogP contribution in [0.2, 0.25) is 0 Å². The van der Waals surface area contributed by atoms with Crippen LogP contribution in [0.3, 0.4) is 0 Å². The average Bonchev–Trinajstić information content (AvgIpc) is 2.25. The van der Waals surface area contributed by atoms with Crippen molar-refractivity contribution in [3.63, 3.8) is 0 Å².